The maximum Gasteiger partial charge on any atom is 0.341 e. The predicted molar refractivity (Wildman–Crippen MR) is 75.6 cm³/mol. The molecule has 5 heteroatoms. The summed E-state index contributed by atoms with van der Waals surface area (Å²) < 4.78 is 18.5. The van der Waals surface area contributed by atoms with Crippen LogP contribution in [0.2, 0.25) is 5.02 Å². The first-order valence-corrected chi connectivity index (χ1v) is 6.56. The predicted octanol–water partition coefficient (Wildman–Crippen LogP) is 3.79. The number of esters is 1. The SMILES string of the molecule is C/C=C(/C(=O)OCC)C(=O)c1cc(F)c(C)c(Cl)c1C. The standard InChI is InChI=1S/C15H16ClFO3/c1-5-10(15(19)20-6-2)14(18)11-7-12(17)9(4)13(16)8(11)3/h5,7H,6H2,1-4H3/b10-5+. The molecule has 0 aliphatic rings. The van der Waals surface area contributed by atoms with Gasteiger partial charge in [0.25, 0.3) is 0 Å². The molecule has 0 aliphatic heterocycles. The van der Waals surface area contributed by atoms with Crippen molar-refractivity contribution in [3.8, 4) is 0 Å². The van der Waals surface area contributed by atoms with E-state index in [4.69, 9.17) is 16.3 Å². The Morgan fingerprint density at radius 2 is 1.95 bits per heavy atom. The molecule has 0 amide bonds. The molecule has 0 N–H and O–H groups in total. The van der Waals surface area contributed by atoms with E-state index in [1.807, 2.05) is 0 Å². The van der Waals surface area contributed by atoms with Crippen LogP contribution in [0.25, 0.3) is 0 Å². The van der Waals surface area contributed by atoms with E-state index in [0.29, 0.717) is 5.56 Å². The quantitative estimate of drug-likeness (QED) is 0.279. The van der Waals surface area contributed by atoms with Crippen molar-refractivity contribution in [3.63, 3.8) is 0 Å². The summed E-state index contributed by atoms with van der Waals surface area (Å²) in [5.41, 5.74) is 0.659. The number of hydrogen-bond donors (Lipinski definition) is 0. The van der Waals surface area contributed by atoms with Gasteiger partial charge in [-0.25, -0.2) is 9.18 Å². The summed E-state index contributed by atoms with van der Waals surface area (Å²) >= 11 is 5.99. The highest BCUT2D eigenvalue weighted by molar-refractivity contribution is 6.33. The molecule has 1 aromatic rings. The zero-order chi connectivity index (χ0) is 15.4. The van der Waals surface area contributed by atoms with Crippen LogP contribution in [-0.2, 0) is 9.53 Å². The number of benzene rings is 1. The Morgan fingerprint density at radius 1 is 1.35 bits per heavy atom. The normalized spacial score (nSPS) is 11.4. The van der Waals surface area contributed by atoms with Gasteiger partial charge in [-0.05, 0) is 39.3 Å². The molecule has 0 unspecified atom stereocenters. The van der Waals surface area contributed by atoms with Gasteiger partial charge in [-0.2, -0.15) is 0 Å². The topological polar surface area (TPSA) is 43.4 Å². The Morgan fingerprint density at radius 3 is 2.45 bits per heavy atom. The fourth-order valence-corrected chi connectivity index (χ4v) is 1.97. The van der Waals surface area contributed by atoms with Crippen LogP contribution in [0.3, 0.4) is 0 Å². The minimum Gasteiger partial charge on any atom is -0.462 e. The lowest BCUT2D eigenvalue weighted by atomic mass is 9.97. The Hall–Kier alpha value is -1.68. The molecule has 0 spiro atoms. The Balaban J connectivity index is 3.31. The molecule has 0 bridgehead atoms. The molecule has 0 saturated carbocycles. The maximum absolute atomic E-state index is 13.7. The van der Waals surface area contributed by atoms with Crippen molar-refractivity contribution in [1.82, 2.24) is 0 Å². The summed E-state index contributed by atoms with van der Waals surface area (Å²) in [5, 5.41) is 0.188. The largest absolute Gasteiger partial charge is 0.462 e. The lowest BCUT2D eigenvalue weighted by Crippen LogP contribution is -2.17. The van der Waals surface area contributed by atoms with Crippen LogP contribution in [0.1, 0.15) is 35.3 Å². The number of carbonyl (C=O) groups is 2. The minimum atomic E-state index is -0.725. The highest BCUT2D eigenvalue weighted by atomic mass is 35.5. The van der Waals surface area contributed by atoms with Crippen molar-refractivity contribution in [2.24, 2.45) is 0 Å². The summed E-state index contributed by atoms with van der Waals surface area (Å²) in [6, 6.07) is 1.10. The first-order chi connectivity index (χ1) is 9.34. The monoisotopic (exact) mass is 298 g/mol. The fourth-order valence-electron chi connectivity index (χ4n) is 1.78. The Kier molecular flexibility index (Phi) is 5.45. The Labute approximate surface area is 122 Å². The molecule has 0 fully saturated rings. The van der Waals surface area contributed by atoms with E-state index < -0.39 is 17.6 Å². The second-order valence-electron chi connectivity index (χ2n) is 4.22. The molecule has 0 radical (unpaired) electrons. The second kappa shape index (κ2) is 6.66. The van der Waals surface area contributed by atoms with Crippen LogP contribution >= 0.6 is 11.6 Å². The van der Waals surface area contributed by atoms with Gasteiger partial charge in [0.1, 0.15) is 11.4 Å². The van der Waals surface area contributed by atoms with Crippen molar-refractivity contribution < 1.29 is 18.7 Å². The molecule has 0 aliphatic carbocycles. The number of halogens is 2. The number of Topliss-reactive ketones (excluding diaryl/α,β-unsaturated/α-hetero) is 1. The fraction of sp³-hybridized carbons (Fsp3) is 0.333. The number of allylic oxidation sites excluding steroid dienone is 1. The third-order valence-corrected chi connectivity index (χ3v) is 3.53. The van der Waals surface area contributed by atoms with Gasteiger partial charge in [-0.1, -0.05) is 17.7 Å². The highest BCUT2D eigenvalue weighted by Crippen LogP contribution is 2.27. The number of carbonyl (C=O) groups excluding carboxylic acids is 2. The summed E-state index contributed by atoms with van der Waals surface area (Å²) in [6.07, 6.45) is 1.35. The molecular weight excluding hydrogens is 283 g/mol. The number of rotatable bonds is 4. The van der Waals surface area contributed by atoms with Gasteiger partial charge in [0.2, 0.25) is 0 Å². The molecule has 20 heavy (non-hydrogen) atoms. The average molecular weight is 299 g/mol. The molecule has 1 rings (SSSR count). The van der Waals surface area contributed by atoms with Gasteiger partial charge < -0.3 is 4.74 Å². The summed E-state index contributed by atoms with van der Waals surface area (Å²) in [4.78, 5) is 24.0. The third kappa shape index (κ3) is 3.07. The molecule has 3 nitrogen and oxygen atoms in total. The first kappa shape index (κ1) is 16.4. The zero-order valence-electron chi connectivity index (χ0n) is 11.8. The van der Waals surface area contributed by atoms with Crippen LogP contribution in [0.15, 0.2) is 17.7 Å². The van der Waals surface area contributed by atoms with Crippen molar-refractivity contribution >= 4 is 23.4 Å². The van der Waals surface area contributed by atoms with Gasteiger partial charge in [0, 0.05) is 11.1 Å². The molecule has 108 valence electrons. The summed E-state index contributed by atoms with van der Waals surface area (Å²) in [7, 11) is 0. The smallest absolute Gasteiger partial charge is 0.341 e. The maximum atomic E-state index is 13.7. The molecule has 0 heterocycles. The lowest BCUT2D eigenvalue weighted by Gasteiger charge is -2.11. The molecule has 0 aromatic heterocycles. The first-order valence-electron chi connectivity index (χ1n) is 6.18. The summed E-state index contributed by atoms with van der Waals surface area (Å²) in [5.74, 6) is -1.90. The Bertz CT molecular complexity index is 591. The van der Waals surface area contributed by atoms with E-state index in [1.165, 1.54) is 13.0 Å². The van der Waals surface area contributed by atoms with E-state index in [9.17, 15) is 14.0 Å². The van der Waals surface area contributed by atoms with Crippen molar-refractivity contribution in [3.05, 3.63) is 45.2 Å². The van der Waals surface area contributed by atoms with E-state index in [0.717, 1.165) is 6.07 Å². The van der Waals surface area contributed by atoms with Gasteiger partial charge in [-0.15, -0.1) is 0 Å². The third-order valence-electron chi connectivity index (χ3n) is 2.97. The molecule has 0 saturated heterocycles. The van der Waals surface area contributed by atoms with E-state index in [2.05, 4.69) is 0 Å². The number of ether oxygens (including phenoxy) is 1. The van der Waals surface area contributed by atoms with Gasteiger partial charge in [0.15, 0.2) is 5.78 Å². The van der Waals surface area contributed by atoms with Gasteiger partial charge >= 0.3 is 5.97 Å². The minimum absolute atomic E-state index is 0.0688. The van der Waals surface area contributed by atoms with Gasteiger partial charge in [0.05, 0.1) is 11.6 Å². The van der Waals surface area contributed by atoms with Crippen LogP contribution in [0.4, 0.5) is 4.39 Å². The van der Waals surface area contributed by atoms with E-state index >= 15 is 0 Å². The van der Waals surface area contributed by atoms with Crippen molar-refractivity contribution in [2.75, 3.05) is 6.61 Å². The van der Waals surface area contributed by atoms with Crippen LogP contribution in [0.5, 0.6) is 0 Å². The molecular formula is C15H16ClFO3. The number of ketones is 1. The van der Waals surface area contributed by atoms with Crippen molar-refractivity contribution in [2.45, 2.75) is 27.7 Å². The molecule has 1 aromatic carbocycles. The highest BCUT2D eigenvalue weighted by Gasteiger charge is 2.24. The number of hydrogen-bond acceptors (Lipinski definition) is 3. The zero-order valence-corrected chi connectivity index (χ0v) is 12.6. The second-order valence-corrected chi connectivity index (χ2v) is 4.60. The van der Waals surface area contributed by atoms with E-state index in [1.54, 1.807) is 20.8 Å². The van der Waals surface area contributed by atoms with Crippen LogP contribution < -0.4 is 0 Å². The van der Waals surface area contributed by atoms with Crippen molar-refractivity contribution in [1.29, 1.82) is 0 Å². The van der Waals surface area contributed by atoms with Crippen LogP contribution in [0, 0.1) is 19.7 Å². The average Bonchev–Trinajstić information content (AvgIpc) is 2.41. The molecule has 0 atom stereocenters. The van der Waals surface area contributed by atoms with Gasteiger partial charge in [-0.3, -0.25) is 4.79 Å². The lowest BCUT2D eigenvalue weighted by molar-refractivity contribution is -0.138. The van der Waals surface area contributed by atoms with Crippen LogP contribution in [-0.4, -0.2) is 18.4 Å². The summed E-state index contributed by atoms with van der Waals surface area (Å²) in [6.45, 7) is 6.49. The van der Waals surface area contributed by atoms with E-state index in [-0.39, 0.29) is 28.3 Å².